The molecule has 0 spiro atoms. The van der Waals surface area contributed by atoms with Crippen LogP contribution in [0.15, 0.2) is 6.07 Å². The third-order valence-corrected chi connectivity index (χ3v) is 1.63. The Morgan fingerprint density at radius 1 is 1.46 bits per heavy atom. The molecule has 0 unspecified atom stereocenters. The Hall–Kier alpha value is -1.45. The summed E-state index contributed by atoms with van der Waals surface area (Å²) >= 11 is 0. The van der Waals surface area contributed by atoms with Crippen LogP contribution in [0.25, 0.3) is 0 Å². The molecule has 1 heterocycles. The van der Waals surface area contributed by atoms with E-state index in [2.05, 4.69) is 9.97 Å². The Bertz CT molecular complexity index is 310. The molecule has 4 nitrogen and oxygen atoms in total. The second kappa shape index (κ2) is 3.98. The van der Waals surface area contributed by atoms with E-state index >= 15 is 0 Å². The first-order valence-electron chi connectivity index (χ1n) is 4.09. The minimum Gasteiger partial charge on any atom is -0.363 e. The summed E-state index contributed by atoms with van der Waals surface area (Å²) in [7, 11) is 3.82. The maximum atomic E-state index is 10.3. The third kappa shape index (κ3) is 2.50. The molecular formula is C9H13N3O. The second-order valence-electron chi connectivity index (χ2n) is 3.03. The zero-order valence-electron chi connectivity index (χ0n) is 8.11. The minimum absolute atomic E-state index is 0.351. The summed E-state index contributed by atoms with van der Waals surface area (Å²) in [5.41, 5.74) is 0.770. The van der Waals surface area contributed by atoms with Gasteiger partial charge in [0.2, 0.25) is 0 Å². The molecule has 0 N–H and O–H groups in total. The van der Waals surface area contributed by atoms with Crippen molar-refractivity contribution in [1.29, 1.82) is 0 Å². The predicted molar refractivity (Wildman–Crippen MR) is 50.9 cm³/mol. The fourth-order valence-electron chi connectivity index (χ4n) is 1.03. The average molecular weight is 179 g/mol. The van der Waals surface area contributed by atoms with Crippen LogP contribution < -0.4 is 4.90 Å². The Balaban J connectivity index is 3.03. The van der Waals surface area contributed by atoms with Crippen molar-refractivity contribution in [1.82, 2.24) is 9.97 Å². The van der Waals surface area contributed by atoms with Gasteiger partial charge in [0.25, 0.3) is 0 Å². The van der Waals surface area contributed by atoms with E-state index in [9.17, 15) is 4.79 Å². The fraction of sp³-hybridized carbons (Fsp3) is 0.444. The highest BCUT2D eigenvalue weighted by molar-refractivity contribution is 5.55. The molecule has 0 bridgehead atoms. The number of hydrogen-bond donors (Lipinski definition) is 0. The first kappa shape index (κ1) is 9.64. The lowest BCUT2D eigenvalue weighted by Gasteiger charge is -2.12. The zero-order valence-corrected chi connectivity index (χ0v) is 8.11. The summed E-state index contributed by atoms with van der Waals surface area (Å²) in [6.45, 7) is 1.82. The molecule has 13 heavy (non-hydrogen) atoms. The van der Waals surface area contributed by atoms with Crippen molar-refractivity contribution in [2.45, 2.75) is 13.3 Å². The van der Waals surface area contributed by atoms with Gasteiger partial charge in [0.05, 0.1) is 5.69 Å². The number of nitrogens with zero attached hydrogens (tertiary/aromatic N) is 3. The van der Waals surface area contributed by atoms with Crippen LogP contribution in [0.2, 0.25) is 0 Å². The van der Waals surface area contributed by atoms with Crippen LogP contribution in [0.3, 0.4) is 0 Å². The normalized spacial score (nSPS) is 9.77. The standard InChI is InChI=1S/C9H13N3O/c1-7-10-8(4-5-13)6-9(11-7)12(2)3/h5-6H,4H2,1-3H3. The number of aldehydes is 1. The number of aryl methyl sites for hydroxylation is 1. The van der Waals surface area contributed by atoms with Crippen molar-refractivity contribution >= 4 is 12.1 Å². The van der Waals surface area contributed by atoms with Crippen LogP contribution in [-0.4, -0.2) is 30.3 Å². The van der Waals surface area contributed by atoms with Gasteiger partial charge in [-0.3, -0.25) is 0 Å². The van der Waals surface area contributed by atoms with E-state index in [-0.39, 0.29) is 0 Å². The largest absolute Gasteiger partial charge is 0.363 e. The topological polar surface area (TPSA) is 46.1 Å². The quantitative estimate of drug-likeness (QED) is 0.637. The molecule has 0 aliphatic rings. The van der Waals surface area contributed by atoms with E-state index in [1.165, 1.54) is 0 Å². The van der Waals surface area contributed by atoms with Crippen molar-refractivity contribution in [3.8, 4) is 0 Å². The lowest BCUT2D eigenvalue weighted by atomic mass is 10.3. The smallest absolute Gasteiger partial charge is 0.132 e. The molecule has 0 radical (unpaired) electrons. The van der Waals surface area contributed by atoms with Crippen LogP contribution in [0.5, 0.6) is 0 Å². The van der Waals surface area contributed by atoms with Gasteiger partial charge in [-0.2, -0.15) is 0 Å². The van der Waals surface area contributed by atoms with Gasteiger partial charge in [-0.1, -0.05) is 0 Å². The highest BCUT2D eigenvalue weighted by Crippen LogP contribution is 2.09. The maximum Gasteiger partial charge on any atom is 0.132 e. The summed E-state index contributed by atoms with van der Waals surface area (Å²) in [5, 5.41) is 0. The molecule has 0 aromatic carbocycles. The van der Waals surface area contributed by atoms with Crippen molar-refractivity contribution in [3.05, 3.63) is 17.6 Å². The van der Waals surface area contributed by atoms with Gasteiger partial charge in [-0.05, 0) is 6.92 Å². The minimum atomic E-state index is 0.351. The number of carbonyl (C=O) groups is 1. The third-order valence-electron chi connectivity index (χ3n) is 1.63. The Kier molecular flexibility index (Phi) is 2.95. The monoisotopic (exact) mass is 179 g/mol. The molecule has 0 fully saturated rings. The van der Waals surface area contributed by atoms with Crippen molar-refractivity contribution in [2.75, 3.05) is 19.0 Å². The molecule has 0 aliphatic heterocycles. The molecule has 1 aromatic rings. The molecule has 0 saturated heterocycles. The van der Waals surface area contributed by atoms with Crippen molar-refractivity contribution in [3.63, 3.8) is 0 Å². The number of hydrogen-bond acceptors (Lipinski definition) is 4. The first-order valence-corrected chi connectivity index (χ1v) is 4.09. The van der Waals surface area contributed by atoms with Gasteiger partial charge in [-0.25, -0.2) is 9.97 Å². The molecule has 70 valence electrons. The van der Waals surface area contributed by atoms with E-state index in [0.717, 1.165) is 17.8 Å². The Morgan fingerprint density at radius 3 is 2.69 bits per heavy atom. The molecule has 0 saturated carbocycles. The summed E-state index contributed by atoms with van der Waals surface area (Å²) in [6, 6.07) is 1.82. The lowest BCUT2D eigenvalue weighted by molar-refractivity contribution is -0.107. The molecule has 0 amide bonds. The number of aromatic nitrogens is 2. The average Bonchev–Trinajstić information content (AvgIpc) is 2.03. The summed E-state index contributed by atoms with van der Waals surface area (Å²) < 4.78 is 0. The van der Waals surface area contributed by atoms with Gasteiger partial charge in [0.15, 0.2) is 0 Å². The van der Waals surface area contributed by atoms with E-state index in [4.69, 9.17) is 0 Å². The van der Waals surface area contributed by atoms with Gasteiger partial charge in [-0.15, -0.1) is 0 Å². The van der Waals surface area contributed by atoms with E-state index < -0.39 is 0 Å². The maximum absolute atomic E-state index is 10.3. The lowest BCUT2D eigenvalue weighted by Crippen LogP contribution is -2.12. The van der Waals surface area contributed by atoms with Gasteiger partial charge in [0, 0.05) is 26.6 Å². The summed E-state index contributed by atoms with van der Waals surface area (Å²) in [6.07, 6.45) is 1.20. The van der Waals surface area contributed by atoms with Crippen molar-refractivity contribution < 1.29 is 4.79 Å². The Labute approximate surface area is 77.6 Å². The van der Waals surface area contributed by atoms with Gasteiger partial charge < -0.3 is 9.69 Å². The molecule has 1 aromatic heterocycles. The molecule has 0 aliphatic carbocycles. The highest BCUT2D eigenvalue weighted by atomic mass is 16.1. The summed E-state index contributed by atoms with van der Waals surface area (Å²) in [4.78, 5) is 20.5. The summed E-state index contributed by atoms with van der Waals surface area (Å²) in [5.74, 6) is 1.53. The second-order valence-corrected chi connectivity index (χ2v) is 3.03. The van der Waals surface area contributed by atoms with Gasteiger partial charge >= 0.3 is 0 Å². The fourth-order valence-corrected chi connectivity index (χ4v) is 1.03. The molecule has 4 heteroatoms. The number of rotatable bonds is 3. The molecular weight excluding hydrogens is 166 g/mol. The SMILES string of the molecule is Cc1nc(CC=O)cc(N(C)C)n1. The molecule has 0 atom stereocenters. The predicted octanol–water partition coefficient (Wildman–Crippen LogP) is 0.592. The van der Waals surface area contributed by atoms with Crippen LogP contribution in [-0.2, 0) is 11.2 Å². The van der Waals surface area contributed by atoms with E-state index in [1.54, 1.807) is 0 Å². The highest BCUT2D eigenvalue weighted by Gasteiger charge is 2.02. The van der Waals surface area contributed by atoms with Crippen LogP contribution >= 0.6 is 0 Å². The van der Waals surface area contributed by atoms with Crippen LogP contribution in [0, 0.1) is 6.92 Å². The first-order chi connectivity index (χ1) is 6.13. The van der Waals surface area contributed by atoms with Crippen molar-refractivity contribution in [2.24, 2.45) is 0 Å². The van der Waals surface area contributed by atoms with Crippen LogP contribution in [0.1, 0.15) is 11.5 Å². The van der Waals surface area contributed by atoms with E-state index in [1.807, 2.05) is 32.0 Å². The molecule has 1 rings (SSSR count). The van der Waals surface area contributed by atoms with Gasteiger partial charge in [0.1, 0.15) is 17.9 Å². The zero-order chi connectivity index (χ0) is 9.84. The van der Waals surface area contributed by atoms with Crippen LogP contribution in [0.4, 0.5) is 5.82 Å². The number of anilines is 1. The Morgan fingerprint density at radius 2 is 2.15 bits per heavy atom. The van der Waals surface area contributed by atoms with E-state index in [0.29, 0.717) is 12.2 Å². The number of carbonyl (C=O) groups excluding carboxylic acids is 1.